The van der Waals surface area contributed by atoms with E-state index in [4.69, 9.17) is 4.74 Å². The Balaban J connectivity index is 2.30. The van der Waals surface area contributed by atoms with Crippen LogP contribution < -0.4 is 4.74 Å². The Kier molecular flexibility index (Phi) is 3.92. The van der Waals surface area contributed by atoms with Gasteiger partial charge in [-0.3, -0.25) is 4.98 Å². The minimum Gasteiger partial charge on any atom is -0.491 e. The third kappa shape index (κ3) is 2.67. The molecule has 0 atom stereocenters. The lowest BCUT2D eigenvalue weighted by molar-refractivity contribution is 0.321. The summed E-state index contributed by atoms with van der Waals surface area (Å²) in [7, 11) is 0. The van der Waals surface area contributed by atoms with Gasteiger partial charge in [0, 0.05) is 11.8 Å². The summed E-state index contributed by atoms with van der Waals surface area (Å²) in [6.07, 6.45) is 2.77. The Morgan fingerprint density at radius 3 is 2.56 bits per heavy atom. The van der Waals surface area contributed by atoms with Crippen LogP contribution in [-0.2, 0) is 6.42 Å². The van der Waals surface area contributed by atoms with Crippen molar-refractivity contribution in [3.05, 3.63) is 47.9 Å². The van der Waals surface area contributed by atoms with Crippen molar-refractivity contribution < 1.29 is 9.13 Å². The van der Waals surface area contributed by atoms with Crippen LogP contribution in [0.2, 0.25) is 0 Å². The van der Waals surface area contributed by atoms with Crippen molar-refractivity contribution in [2.45, 2.75) is 20.3 Å². The van der Waals surface area contributed by atoms with Gasteiger partial charge in [-0.05, 0) is 43.2 Å². The Hall–Kier alpha value is -1.90. The van der Waals surface area contributed by atoms with Crippen LogP contribution in [0.25, 0.3) is 11.3 Å². The van der Waals surface area contributed by atoms with E-state index in [1.807, 2.05) is 31.3 Å². The number of hydrogen-bond acceptors (Lipinski definition) is 2. The number of aryl methyl sites for hydroxylation is 1. The normalized spacial score (nSPS) is 10.4. The highest BCUT2D eigenvalue weighted by Crippen LogP contribution is 2.24. The Morgan fingerprint density at radius 1 is 1.17 bits per heavy atom. The van der Waals surface area contributed by atoms with Gasteiger partial charge in [0.2, 0.25) is 0 Å². The first-order valence-corrected chi connectivity index (χ1v) is 6.12. The second-order valence-electron chi connectivity index (χ2n) is 3.98. The second kappa shape index (κ2) is 5.63. The molecule has 0 saturated heterocycles. The van der Waals surface area contributed by atoms with E-state index < -0.39 is 0 Å². The molecule has 0 bridgehead atoms. The molecule has 0 unspecified atom stereocenters. The summed E-state index contributed by atoms with van der Waals surface area (Å²) in [6, 6.07) is 8.84. The van der Waals surface area contributed by atoms with Crippen molar-refractivity contribution in [2.75, 3.05) is 6.61 Å². The van der Waals surface area contributed by atoms with Crippen molar-refractivity contribution in [2.24, 2.45) is 0 Å². The summed E-state index contributed by atoms with van der Waals surface area (Å²) in [5.41, 5.74) is 2.71. The first kappa shape index (κ1) is 12.6. The van der Waals surface area contributed by atoms with Crippen LogP contribution in [0.4, 0.5) is 4.39 Å². The number of nitrogens with zero attached hydrogens (tertiary/aromatic N) is 1. The van der Waals surface area contributed by atoms with Crippen LogP contribution in [0.15, 0.2) is 36.5 Å². The van der Waals surface area contributed by atoms with E-state index in [2.05, 4.69) is 11.9 Å². The van der Waals surface area contributed by atoms with Gasteiger partial charge in [-0.15, -0.1) is 0 Å². The Bertz CT molecular complexity index is 523. The zero-order valence-corrected chi connectivity index (χ0v) is 10.6. The summed E-state index contributed by atoms with van der Waals surface area (Å²) < 4.78 is 18.9. The van der Waals surface area contributed by atoms with Gasteiger partial charge in [-0.2, -0.15) is 0 Å². The highest BCUT2D eigenvalue weighted by atomic mass is 19.1. The van der Waals surface area contributed by atoms with Crippen LogP contribution in [0, 0.1) is 5.82 Å². The van der Waals surface area contributed by atoms with Gasteiger partial charge in [0.1, 0.15) is 0 Å². The molecule has 1 aromatic heterocycles. The quantitative estimate of drug-likeness (QED) is 0.816. The molecule has 3 heteroatoms. The number of aromatic nitrogens is 1. The van der Waals surface area contributed by atoms with Gasteiger partial charge in [0.15, 0.2) is 11.6 Å². The third-order valence-electron chi connectivity index (χ3n) is 2.76. The van der Waals surface area contributed by atoms with Crippen LogP contribution in [0.3, 0.4) is 0 Å². The molecule has 1 aromatic carbocycles. The molecule has 2 aromatic rings. The SMILES string of the molecule is CCOc1ccc(-c2ccc(CC)cn2)cc1F. The number of pyridine rings is 1. The van der Waals surface area contributed by atoms with Crippen LogP contribution in [0.5, 0.6) is 5.75 Å². The van der Waals surface area contributed by atoms with Crippen molar-refractivity contribution in [1.82, 2.24) is 4.98 Å². The monoisotopic (exact) mass is 245 g/mol. The number of hydrogen-bond donors (Lipinski definition) is 0. The maximum absolute atomic E-state index is 13.7. The maximum atomic E-state index is 13.7. The minimum absolute atomic E-state index is 0.284. The molecular formula is C15H16FNO. The lowest BCUT2D eigenvalue weighted by atomic mass is 10.1. The highest BCUT2D eigenvalue weighted by molar-refractivity contribution is 5.60. The molecule has 0 amide bonds. The molecule has 0 aliphatic heterocycles. The first-order valence-electron chi connectivity index (χ1n) is 6.12. The fourth-order valence-corrected chi connectivity index (χ4v) is 1.74. The summed E-state index contributed by atoms with van der Waals surface area (Å²) in [5.74, 6) is -0.0675. The molecule has 18 heavy (non-hydrogen) atoms. The Labute approximate surface area is 106 Å². The average molecular weight is 245 g/mol. The molecule has 0 N–H and O–H groups in total. The van der Waals surface area contributed by atoms with E-state index in [0.717, 1.165) is 17.7 Å². The summed E-state index contributed by atoms with van der Waals surface area (Å²) in [4.78, 5) is 4.33. The zero-order chi connectivity index (χ0) is 13.0. The third-order valence-corrected chi connectivity index (χ3v) is 2.76. The lowest BCUT2D eigenvalue weighted by Gasteiger charge is -2.07. The van der Waals surface area contributed by atoms with Gasteiger partial charge in [0.05, 0.1) is 12.3 Å². The van der Waals surface area contributed by atoms with Gasteiger partial charge in [0.25, 0.3) is 0 Å². The number of ether oxygens (including phenoxy) is 1. The predicted octanol–water partition coefficient (Wildman–Crippen LogP) is 3.85. The van der Waals surface area contributed by atoms with Crippen molar-refractivity contribution in [1.29, 1.82) is 0 Å². The molecule has 0 aliphatic rings. The van der Waals surface area contributed by atoms with Crippen LogP contribution >= 0.6 is 0 Å². The fourth-order valence-electron chi connectivity index (χ4n) is 1.74. The van der Waals surface area contributed by atoms with Gasteiger partial charge in [-0.1, -0.05) is 13.0 Å². The standard InChI is InChI=1S/C15H16FNO/c1-3-11-5-7-14(17-10-11)12-6-8-15(18-4-2)13(16)9-12/h5-10H,3-4H2,1-2H3. The van der Waals surface area contributed by atoms with Gasteiger partial charge >= 0.3 is 0 Å². The average Bonchev–Trinajstić information content (AvgIpc) is 2.41. The van der Waals surface area contributed by atoms with Crippen LogP contribution in [0.1, 0.15) is 19.4 Å². The molecule has 0 fully saturated rings. The van der Waals surface area contributed by atoms with Crippen molar-refractivity contribution in [3.63, 3.8) is 0 Å². The predicted molar refractivity (Wildman–Crippen MR) is 70.2 cm³/mol. The number of halogens is 1. The second-order valence-corrected chi connectivity index (χ2v) is 3.98. The van der Waals surface area contributed by atoms with E-state index in [0.29, 0.717) is 6.61 Å². The summed E-state index contributed by atoms with van der Waals surface area (Å²) in [5, 5.41) is 0. The smallest absolute Gasteiger partial charge is 0.165 e. The van der Waals surface area contributed by atoms with E-state index in [1.165, 1.54) is 11.6 Å². The number of benzene rings is 1. The van der Waals surface area contributed by atoms with E-state index >= 15 is 0 Å². The molecule has 0 saturated carbocycles. The molecule has 0 radical (unpaired) electrons. The largest absolute Gasteiger partial charge is 0.491 e. The molecule has 94 valence electrons. The first-order chi connectivity index (χ1) is 8.74. The minimum atomic E-state index is -0.351. The van der Waals surface area contributed by atoms with E-state index in [-0.39, 0.29) is 11.6 Å². The van der Waals surface area contributed by atoms with Crippen molar-refractivity contribution >= 4 is 0 Å². The molecule has 0 aliphatic carbocycles. The maximum Gasteiger partial charge on any atom is 0.165 e. The molecule has 1 heterocycles. The topological polar surface area (TPSA) is 22.1 Å². The van der Waals surface area contributed by atoms with Gasteiger partial charge in [-0.25, -0.2) is 4.39 Å². The Morgan fingerprint density at radius 2 is 2.00 bits per heavy atom. The summed E-state index contributed by atoms with van der Waals surface area (Å²) in [6.45, 7) is 4.37. The zero-order valence-electron chi connectivity index (χ0n) is 10.6. The highest BCUT2D eigenvalue weighted by Gasteiger charge is 2.06. The van der Waals surface area contributed by atoms with Gasteiger partial charge < -0.3 is 4.74 Å². The molecule has 2 nitrogen and oxygen atoms in total. The van der Waals surface area contributed by atoms with Crippen LogP contribution in [-0.4, -0.2) is 11.6 Å². The molecule has 2 rings (SSSR count). The number of rotatable bonds is 4. The lowest BCUT2D eigenvalue weighted by Crippen LogP contribution is -1.95. The van der Waals surface area contributed by atoms with Crippen molar-refractivity contribution in [3.8, 4) is 17.0 Å². The summed E-state index contributed by atoms with van der Waals surface area (Å²) >= 11 is 0. The molecule has 0 spiro atoms. The van der Waals surface area contributed by atoms with E-state index in [1.54, 1.807) is 6.07 Å². The fraction of sp³-hybridized carbons (Fsp3) is 0.267. The van der Waals surface area contributed by atoms with E-state index in [9.17, 15) is 4.39 Å². The molecular weight excluding hydrogens is 229 g/mol.